The van der Waals surface area contributed by atoms with Crippen LogP contribution in [0.3, 0.4) is 0 Å². The summed E-state index contributed by atoms with van der Waals surface area (Å²) in [5.41, 5.74) is 2.04. The number of hydrogen-bond donors (Lipinski definition) is 0. The minimum absolute atomic E-state index is 0.271. The van der Waals surface area contributed by atoms with E-state index in [2.05, 4.69) is 31.3 Å². The average molecular weight is 498 g/mol. The molecule has 4 rings (SSSR count). The molecule has 0 unspecified atom stereocenters. The van der Waals surface area contributed by atoms with Gasteiger partial charge in [0.25, 0.3) is 0 Å². The molecule has 1 atom stereocenters. The Kier molecular flexibility index (Phi) is 7.48. The highest BCUT2D eigenvalue weighted by molar-refractivity contribution is 7.92. The number of nitrogens with zero attached hydrogens (tertiary/aromatic N) is 7. The van der Waals surface area contributed by atoms with Crippen LogP contribution in [0.5, 0.6) is 5.88 Å². The topological polar surface area (TPSA) is 131 Å². The van der Waals surface area contributed by atoms with Gasteiger partial charge in [0, 0.05) is 44.5 Å². The minimum atomic E-state index is -2.51. The first kappa shape index (κ1) is 24.4. The van der Waals surface area contributed by atoms with Gasteiger partial charge < -0.3 is 18.8 Å². The summed E-state index contributed by atoms with van der Waals surface area (Å²) in [5.74, 6) is 2.11. The summed E-state index contributed by atoms with van der Waals surface area (Å²) in [6.07, 6.45) is 6.98. The number of rotatable bonds is 11. The van der Waals surface area contributed by atoms with Gasteiger partial charge in [0.1, 0.15) is 17.1 Å². The molecule has 184 valence electrons. The quantitative estimate of drug-likeness (QED) is 0.226. The lowest BCUT2D eigenvalue weighted by atomic mass is 10.2. The van der Waals surface area contributed by atoms with Crippen molar-refractivity contribution < 1.29 is 18.1 Å². The number of pyridine rings is 1. The molecule has 0 amide bonds. The fourth-order valence-corrected chi connectivity index (χ4v) is 4.60. The summed E-state index contributed by atoms with van der Waals surface area (Å²) in [4.78, 5) is 11.2. The van der Waals surface area contributed by atoms with Gasteiger partial charge in [-0.25, -0.2) is 18.7 Å². The molecule has 0 aliphatic rings. The van der Waals surface area contributed by atoms with Gasteiger partial charge in [-0.3, -0.25) is 0 Å². The largest absolute Gasteiger partial charge is 0.477 e. The van der Waals surface area contributed by atoms with Gasteiger partial charge in [-0.2, -0.15) is 5.26 Å². The number of ether oxygens (including phenoxy) is 2. The predicted octanol–water partition coefficient (Wildman–Crippen LogP) is 3.36. The maximum absolute atomic E-state index is 12.1. The Hall–Kier alpha value is -3.69. The van der Waals surface area contributed by atoms with Crippen molar-refractivity contribution in [2.45, 2.75) is 13.3 Å². The van der Waals surface area contributed by atoms with Gasteiger partial charge in [-0.15, -0.1) is 9.46 Å². The van der Waals surface area contributed by atoms with E-state index in [1.54, 1.807) is 42.3 Å². The molecule has 0 radical (unpaired) electrons. The Morgan fingerprint density at radius 2 is 2.14 bits per heavy atom. The van der Waals surface area contributed by atoms with E-state index in [9.17, 15) is 4.21 Å². The molecule has 35 heavy (non-hydrogen) atoms. The van der Waals surface area contributed by atoms with Crippen molar-refractivity contribution in [2.24, 2.45) is 4.36 Å². The molecule has 4 aromatic rings. The molecule has 0 fully saturated rings. The Bertz CT molecular complexity index is 1480. The third-order valence-corrected chi connectivity index (χ3v) is 6.93. The van der Waals surface area contributed by atoms with E-state index in [-0.39, 0.29) is 5.75 Å². The number of nitriles is 1. The molecule has 4 heterocycles. The van der Waals surface area contributed by atoms with Crippen LogP contribution in [0.25, 0.3) is 28.1 Å². The lowest BCUT2D eigenvalue weighted by Crippen LogP contribution is -2.27. The van der Waals surface area contributed by atoms with E-state index >= 15 is 0 Å². The Morgan fingerprint density at radius 3 is 2.91 bits per heavy atom. The number of furan rings is 1. The summed E-state index contributed by atoms with van der Waals surface area (Å²) in [6.45, 7) is 4.46. The first-order chi connectivity index (χ1) is 17.0. The summed E-state index contributed by atoms with van der Waals surface area (Å²) in [7, 11) is -0.834. The summed E-state index contributed by atoms with van der Waals surface area (Å²) >= 11 is 0. The molecular weight excluding hydrogens is 470 g/mol. The van der Waals surface area contributed by atoms with E-state index < -0.39 is 9.73 Å². The van der Waals surface area contributed by atoms with Crippen molar-refractivity contribution in [1.82, 2.24) is 19.6 Å². The predicted molar refractivity (Wildman–Crippen MR) is 133 cm³/mol. The summed E-state index contributed by atoms with van der Waals surface area (Å²) in [5, 5.41) is 14.1. The van der Waals surface area contributed by atoms with Crippen molar-refractivity contribution in [3.05, 3.63) is 36.7 Å². The molecule has 0 saturated heterocycles. The highest BCUT2D eigenvalue weighted by Crippen LogP contribution is 2.33. The molecule has 0 saturated carbocycles. The van der Waals surface area contributed by atoms with Gasteiger partial charge >= 0.3 is 0 Å². The van der Waals surface area contributed by atoms with Gasteiger partial charge in [0.05, 0.1) is 34.5 Å². The number of imidazole rings is 1. The van der Waals surface area contributed by atoms with Crippen molar-refractivity contribution in [3.8, 4) is 23.5 Å². The maximum Gasteiger partial charge on any atom is 0.231 e. The number of methoxy groups -OCH3 is 1. The van der Waals surface area contributed by atoms with Crippen LogP contribution < -0.4 is 9.64 Å². The molecule has 11 nitrogen and oxygen atoms in total. The molecule has 0 aliphatic heterocycles. The Morgan fingerprint density at radius 1 is 1.29 bits per heavy atom. The van der Waals surface area contributed by atoms with Crippen LogP contribution in [0, 0.1) is 11.5 Å². The molecular formula is C23H27N7O4S. The fraction of sp³-hybridized carbons (Fsp3) is 0.391. The van der Waals surface area contributed by atoms with Gasteiger partial charge in [-0.1, -0.05) is 0 Å². The fourth-order valence-electron chi connectivity index (χ4n) is 3.68. The molecule has 12 heteroatoms. The second-order valence-corrected chi connectivity index (χ2v) is 10.4. The van der Waals surface area contributed by atoms with Crippen LogP contribution in [-0.4, -0.2) is 69.2 Å². The van der Waals surface area contributed by atoms with Gasteiger partial charge in [-0.05, 0) is 31.5 Å². The third kappa shape index (κ3) is 5.52. The SMILES string of the molecule is CCN(CCOC)c1nccc2oc(-c3cnc4ccc(OCCC[S@@](C)(=O)=NC#N)nn34)cc12. The highest BCUT2D eigenvalue weighted by atomic mass is 32.2. The van der Waals surface area contributed by atoms with Crippen molar-refractivity contribution >= 4 is 32.2 Å². The summed E-state index contributed by atoms with van der Waals surface area (Å²) < 4.78 is 34.3. The molecule has 0 N–H and O–H groups in total. The number of aromatic nitrogens is 4. The molecule has 0 bridgehead atoms. The molecule has 0 spiro atoms. The normalized spacial score (nSPS) is 13.0. The highest BCUT2D eigenvalue weighted by Gasteiger charge is 2.18. The third-order valence-electron chi connectivity index (χ3n) is 5.41. The number of hydrogen-bond acceptors (Lipinski definition) is 10. The van der Waals surface area contributed by atoms with Crippen molar-refractivity contribution in [3.63, 3.8) is 0 Å². The van der Waals surface area contributed by atoms with Crippen LogP contribution in [-0.2, 0) is 14.5 Å². The lowest BCUT2D eigenvalue weighted by Gasteiger charge is -2.21. The average Bonchev–Trinajstić information content (AvgIpc) is 3.46. The zero-order valence-corrected chi connectivity index (χ0v) is 20.7. The van der Waals surface area contributed by atoms with Crippen LogP contribution in [0.1, 0.15) is 13.3 Å². The minimum Gasteiger partial charge on any atom is -0.477 e. The molecule has 0 aromatic carbocycles. The number of fused-ring (bicyclic) bond motifs is 2. The molecule has 0 aliphatic carbocycles. The van der Waals surface area contributed by atoms with E-state index in [1.807, 2.05) is 12.1 Å². The second-order valence-electron chi connectivity index (χ2n) is 7.87. The van der Waals surface area contributed by atoms with E-state index in [4.69, 9.17) is 19.2 Å². The van der Waals surface area contributed by atoms with Crippen LogP contribution in [0.4, 0.5) is 5.82 Å². The standard InChI is InChI=1S/C23H27N7O4S/c1-4-29(10-12-32-2)23-17-14-20(34-19(17)8-9-25-23)18-15-26-21-6-7-22(28-30(18)21)33-11-5-13-35(3,31)27-16-24/h6-9,14-15H,4-5,10-13H2,1-3H3/t35-/m1/s1. The van der Waals surface area contributed by atoms with Crippen molar-refractivity contribution in [2.75, 3.05) is 50.3 Å². The van der Waals surface area contributed by atoms with E-state index in [1.165, 1.54) is 6.26 Å². The smallest absolute Gasteiger partial charge is 0.231 e. The van der Waals surface area contributed by atoms with Crippen LogP contribution in [0.2, 0.25) is 0 Å². The van der Waals surface area contributed by atoms with Crippen LogP contribution >= 0.6 is 0 Å². The van der Waals surface area contributed by atoms with E-state index in [0.29, 0.717) is 48.2 Å². The van der Waals surface area contributed by atoms with Crippen LogP contribution in [0.15, 0.2) is 45.4 Å². The first-order valence-electron chi connectivity index (χ1n) is 11.1. The van der Waals surface area contributed by atoms with Gasteiger partial charge in [0.2, 0.25) is 12.1 Å². The van der Waals surface area contributed by atoms with E-state index in [0.717, 1.165) is 24.3 Å². The lowest BCUT2D eigenvalue weighted by molar-refractivity contribution is 0.205. The Labute approximate surface area is 203 Å². The first-order valence-corrected chi connectivity index (χ1v) is 13.2. The molecule has 4 aromatic heterocycles. The van der Waals surface area contributed by atoms with Gasteiger partial charge in [0.15, 0.2) is 11.4 Å². The number of anilines is 1. The zero-order valence-electron chi connectivity index (χ0n) is 19.9. The number of likely N-dealkylation sites (N-methyl/N-ethyl adjacent to an activating group) is 1. The van der Waals surface area contributed by atoms with Crippen molar-refractivity contribution in [1.29, 1.82) is 5.26 Å². The summed E-state index contributed by atoms with van der Waals surface area (Å²) in [6, 6.07) is 7.31. The maximum atomic E-state index is 12.1. The second kappa shape index (κ2) is 10.7. The zero-order chi connectivity index (χ0) is 24.8. The monoisotopic (exact) mass is 497 g/mol. The Balaban J connectivity index is 1.59.